The van der Waals surface area contributed by atoms with Gasteiger partial charge in [-0.1, -0.05) is 6.92 Å². The van der Waals surface area contributed by atoms with Gasteiger partial charge in [0.25, 0.3) is 0 Å². The summed E-state index contributed by atoms with van der Waals surface area (Å²) in [5.41, 5.74) is 0.807. The molecule has 0 saturated carbocycles. The molecule has 1 aromatic rings. The van der Waals surface area contributed by atoms with Gasteiger partial charge in [0.15, 0.2) is 5.78 Å². The standard InChI is InChI=1S/C10H14O2S/c1-3-5-12-7-10(11)9-4-6-13-8(9)2/h4,6H,3,5,7H2,1-2H3. The number of aryl methyl sites for hydroxylation is 1. The van der Waals surface area contributed by atoms with E-state index in [1.54, 1.807) is 11.3 Å². The molecule has 0 bridgehead atoms. The van der Waals surface area contributed by atoms with Gasteiger partial charge in [0, 0.05) is 17.0 Å². The maximum atomic E-state index is 11.5. The van der Waals surface area contributed by atoms with Crippen LogP contribution in [0, 0.1) is 6.92 Å². The van der Waals surface area contributed by atoms with Gasteiger partial charge in [-0.2, -0.15) is 0 Å². The van der Waals surface area contributed by atoms with Crippen molar-refractivity contribution in [2.45, 2.75) is 20.3 Å². The Labute approximate surface area is 82.5 Å². The average Bonchev–Trinajstić information content (AvgIpc) is 2.52. The number of ether oxygens (including phenoxy) is 1. The van der Waals surface area contributed by atoms with Crippen molar-refractivity contribution in [1.29, 1.82) is 0 Å². The number of rotatable bonds is 5. The predicted octanol–water partition coefficient (Wildman–Crippen LogP) is 2.67. The Hall–Kier alpha value is -0.670. The van der Waals surface area contributed by atoms with Gasteiger partial charge >= 0.3 is 0 Å². The summed E-state index contributed by atoms with van der Waals surface area (Å²) < 4.78 is 5.18. The minimum Gasteiger partial charge on any atom is -0.373 e. The summed E-state index contributed by atoms with van der Waals surface area (Å²) in [5.74, 6) is 0.0900. The largest absolute Gasteiger partial charge is 0.373 e. The highest BCUT2D eigenvalue weighted by Crippen LogP contribution is 2.15. The van der Waals surface area contributed by atoms with Crippen LogP contribution in [0.3, 0.4) is 0 Å². The van der Waals surface area contributed by atoms with Crippen LogP contribution in [-0.2, 0) is 4.74 Å². The molecule has 1 heterocycles. The lowest BCUT2D eigenvalue weighted by Gasteiger charge is -2.00. The summed E-state index contributed by atoms with van der Waals surface area (Å²) in [6.07, 6.45) is 0.954. The third kappa shape index (κ3) is 2.94. The molecule has 0 aliphatic heterocycles. The zero-order chi connectivity index (χ0) is 9.68. The van der Waals surface area contributed by atoms with Gasteiger partial charge in [0.05, 0.1) is 0 Å². The Balaban J connectivity index is 2.45. The van der Waals surface area contributed by atoms with Crippen molar-refractivity contribution >= 4 is 17.1 Å². The maximum absolute atomic E-state index is 11.5. The number of carbonyl (C=O) groups excluding carboxylic acids is 1. The Morgan fingerprint density at radius 2 is 2.38 bits per heavy atom. The van der Waals surface area contributed by atoms with Crippen LogP contribution in [0.2, 0.25) is 0 Å². The molecular formula is C10H14O2S. The predicted molar refractivity (Wildman–Crippen MR) is 54.5 cm³/mol. The molecule has 0 atom stereocenters. The van der Waals surface area contributed by atoms with Crippen molar-refractivity contribution in [3.63, 3.8) is 0 Å². The molecule has 0 aromatic carbocycles. The zero-order valence-corrected chi connectivity index (χ0v) is 8.82. The second-order valence-corrected chi connectivity index (χ2v) is 3.99. The van der Waals surface area contributed by atoms with E-state index >= 15 is 0 Å². The Morgan fingerprint density at radius 1 is 1.62 bits per heavy atom. The summed E-state index contributed by atoms with van der Waals surface area (Å²) in [5, 5.41) is 1.93. The van der Waals surface area contributed by atoms with Crippen LogP contribution in [0.4, 0.5) is 0 Å². The summed E-state index contributed by atoms with van der Waals surface area (Å²) in [4.78, 5) is 12.6. The fourth-order valence-corrected chi connectivity index (χ4v) is 1.78. The van der Waals surface area contributed by atoms with Crippen molar-refractivity contribution < 1.29 is 9.53 Å². The highest BCUT2D eigenvalue weighted by atomic mass is 32.1. The first kappa shape index (κ1) is 10.4. The number of hydrogen-bond acceptors (Lipinski definition) is 3. The molecule has 0 radical (unpaired) electrons. The van der Waals surface area contributed by atoms with E-state index in [9.17, 15) is 4.79 Å². The number of carbonyl (C=O) groups is 1. The number of hydrogen-bond donors (Lipinski definition) is 0. The molecule has 0 saturated heterocycles. The normalized spacial score (nSPS) is 10.3. The summed E-state index contributed by atoms with van der Waals surface area (Å²) in [6.45, 7) is 4.86. The second-order valence-electron chi connectivity index (χ2n) is 2.87. The molecule has 0 unspecified atom stereocenters. The molecule has 0 N–H and O–H groups in total. The summed E-state index contributed by atoms with van der Waals surface area (Å²) in [7, 11) is 0. The molecule has 0 aliphatic rings. The lowest BCUT2D eigenvalue weighted by Crippen LogP contribution is -2.09. The smallest absolute Gasteiger partial charge is 0.189 e. The third-order valence-corrected chi connectivity index (χ3v) is 2.59. The van der Waals surface area contributed by atoms with Crippen LogP contribution in [0.1, 0.15) is 28.6 Å². The average molecular weight is 198 g/mol. The van der Waals surface area contributed by atoms with Crippen LogP contribution in [0.5, 0.6) is 0 Å². The first-order valence-electron chi connectivity index (χ1n) is 4.40. The highest BCUT2D eigenvalue weighted by molar-refractivity contribution is 7.10. The first-order valence-corrected chi connectivity index (χ1v) is 5.28. The van der Waals surface area contributed by atoms with Crippen LogP contribution in [0.15, 0.2) is 11.4 Å². The minimum absolute atomic E-state index is 0.0900. The lowest BCUT2D eigenvalue weighted by molar-refractivity contribution is 0.0761. The molecule has 0 fully saturated rings. The van der Waals surface area contributed by atoms with Gasteiger partial charge < -0.3 is 4.74 Å². The maximum Gasteiger partial charge on any atom is 0.189 e. The van der Waals surface area contributed by atoms with E-state index < -0.39 is 0 Å². The monoisotopic (exact) mass is 198 g/mol. The second kappa shape index (κ2) is 5.14. The summed E-state index contributed by atoms with van der Waals surface area (Å²) in [6, 6.07) is 1.86. The van der Waals surface area contributed by atoms with Gasteiger partial charge in [0.2, 0.25) is 0 Å². The molecule has 1 aromatic heterocycles. The molecule has 0 spiro atoms. The van der Waals surface area contributed by atoms with Crippen molar-refractivity contribution in [3.8, 4) is 0 Å². The van der Waals surface area contributed by atoms with E-state index in [1.807, 2.05) is 25.3 Å². The van der Waals surface area contributed by atoms with E-state index in [-0.39, 0.29) is 12.4 Å². The molecule has 1 rings (SSSR count). The van der Waals surface area contributed by atoms with Crippen LogP contribution in [-0.4, -0.2) is 19.0 Å². The topological polar surface area (TPSA) is 26.3 Å². The molecule has 13 heavy (non-hydrogen) atoms. The van der Waals surface area contributed by atoms with E-state index in [2.05, 4.69) is 0 Å². The number of thiophene rings is 1. The molecular weight excluding hydrogens is 184 g/mol. The molecule has 2 nitrogen and oxygen atoms in total. The Bertz CT molecular complexity index is 278. The fourth-order valence-electron chi connectivity index (χ4n) is 1.06. The van der Waals surface area contributed by atoms with Gasteiger partial charge in [-0.15, -0.1) is 11.3 Å². The minimum atomic E-state index is 0.0900. The third-order valence-electron chi connectivity index (χ3n) is 1.74. The van der Waals surface area contributed by atoms with Gasteiger partial charge in [0.1, 0.15) is 6.61 Å². The Morgan fingerprint density at radius 3 is 2.92 bits per heavy atom. The van der Waals surface area contributed by atoms with Gasteiger partial charge in [-0.3, -0.25) is 4.79 Å². The lowest BCUT2D eigenvalue weighted by atomic mass is 10.2. The van der Waals surface area contributed by atoms with Gasteiger partial charge in [-0.05, 0) is 24.8 Å². The molecule has 0 amide bonds. The number of ketones is 1. The molecule has 72 valence electrons. The molecule has 3 heteroatoms. The van der Waals surface area contributed by atoms with E-state index in [4.69, 9.17) is 4.74 Å². The molecule has 0 aliphatic carbocycles. The van der Waals surface area contributed by atoms with E-state index in [0.717, 1.165) is 16.9 Å². The van der Waals surface area contributed by atoms with Crippen molar-refractivity contribution in [3.05, 3.63) is 21.9 Å². The van der Waals surface area contributed by atoms with Gasteiger partial charge in [-0.25, -0.2) is 0 Å². The zero-order valence-electron chi connectivity index (χ0n) is 8.00. The Kier molecular flexibility index (Phi) is 4.12. The fraction of sp³-hybridized carbons (Fsp3) is 0.500. The summed E-state index contributed by atoms with van der Waals surface area (Å²) >= 11 is 1.60. The SMILES string of the molecule is CCCOCC(=O)c1ccsc1C. The van der Waals surface area contributed by atoms with Crippen LogP contribution >= 0.6 is 11.3 Å². The van der Waals surface area contributed by atoms with Crippen molar-refractivity contribution in [2.24, 2.45) is 0 Å². The quantitative estimate of drug-likeness (QED) is 0.537. The van der Waals surface area contributed by atoms with Crippen molar-refractivity contribution in [1.82, 2.24) is 0 Å². The van der Waals surface area contributed by atoms with Crippen LogP contribution in [0.25, 0.3) is 0 Å². The van der Waals surface area contributed by atoms with E-state index in [1.165, 1.54) is 0 Å². The first-order chi connectivity index (χ1) is 6.25. The number of Topliss-reactive ketones (excluding diaryl/α,β-unsaturated/α-hetero) is 1. The highest BCUT2D eigenvalue weighted by Gasteiger charge is 2.09. The van der Waals surface area contributed by atoms with Crippen LogP contribution < -0.4 is 0 Å². The van der Waals surface area contributed by atoms with Crippen molar-refractivity contribution in [2.75, 3.05) is 13.2 Å². The van der Waals surface area contributed by atoms with E-state index in [0.29, 0.717) is 6.61 Å².